The first-order valence-electron chi connectivity index (χ1n) is 6.95. The van der Waals surface area contributed by atoms with Gasteiger partial charge in [-0.3, -0.25) is 15.1 Å². The molecule has 3 rings (SSSR count). The Bertz CT molecular complexity index is 866. The van der Waals surface area contributed by atoms with Crippen molar-refractivity contribution in [1.29, 1.82) is 0 Å². The molecule has 116 valence electrons. The van der Waals surface area contributed by atoms with Gasteiger partial charge in [0, 0.05) is 23.0 Å². The predicted molar refractivity (Wildman–Crippen MR) is 88.7 cm³/mol. The van der Waals surface area contributed by atoms with Crippen molar-refractivity contribution >= 4 is 34.2 Å². The molecule has 23 heavy (non-hydrogen) atoms. The number of pyridine rings is 1. The van der Waals surface area contributed by atoms with Gasteiger partial charge in [-0.2, -0.15) is 0 Å². The summed E-state index contributed by atoms with van der Waals surface area (Å²) in [5.41, 5.74) is 0.671. The SMILES string of the molecule is CCNc1ncnc(Sc2cccc3cccnc23)c1[N+](=O)[O-]. The van der Waals surface area contributed by atoms with Gasteiger partial charge >= 0.3 is 5.69 Å². The highest BCUT2D eigenvalue weighted by molar-refractivity contribution is 7.99. The number of nitrogens with zero attached hydrogens (tertiary/aromatic N) is 4. The monoisotopic (exact) mass is 327 g/mol. The molecular formula is C15H13N5O2S. The molecule has 1 aromatic carbocycles. The van der Waals surface area contributed by atoms with Gasteiger partial charge in [0.1, 0.15) is 6.33 Å². The molecule has 0 saturated heterocycles. The Balaban J connectivity index is 2.09. The average Bonchev–Trinajstić information content (AvgIpc) is 2.55. The van der Waals surface area contributed by atoms with Gasteiger partial charge in [-0.05, 0) is 19.1 Å². The van der Waals surface area contributed by atoms with E-state index >= 15 is 0 Å². The maximum absolute atomic E-state index is 11.4. The van der Waals surface area contributed by atoms with E-state index in [9.17, 15) is 10.1 Å². The summed E-state index contributed by atoms with van der Waals surface area (Å²) in [6.45, 7) is 2.39. The zero-order valence-corrected chi connectivity index (χ0v) is 13.1. The van der Waals surface area contributed by atoms with Crippen LogP contribution in [0.1, 0.15) is 6.92 Å². The standard InChI is InChI=1S/C15H13N5O2S/c1-2-16-14-13(20(21)22)15(19-9-18-14)23-11-7-3-5-10-6-4-8-17-12(10)11/h3-9H,2H2,1H3,(H,16,18,19). The lowest BCUT2D eigenvalue weighted by atomic mass is 10.2. The quantitative estimate of drug-likeness (QED) is 0.435. The lowest BCUT2D eigenvalue weighted by Crippen LogP contribution is -2.05. The van der Waals surface area contributed by atoms with Crippen molar-refractivity contribution in [2.45, 2.75) is 16.8 Å². The molecule has 0 saturated carbocycles. The summed E-state index contributed by atoms with van der Waals surface area (Å²) in [5.74, 6) is 0.225. The molecule has 0 spiro atoms. The number of hydrogen-bond acceptors (Lipinski definition) is 7. The Morgan fingerprint density at radius 2 is 2.04 bits per heavy atom. The van der Waals surface area contributed by atoms with Crippen molar-refractivity contribution in [3.63, 3.8) is 0 Å². The van der Waals surface area contributed by atoms with E-state index in [0.717, 1.165) is 15.8 Å². The average molecular weight is 327 g/mol. The summed E-state index contributed by atoms with van der Waals surface area (Å²) < 4.78 is 0. The zero-order chi connectivity index (χ0) is 16.2. The van der Waals surface area contributed by atoms with Gasteiger partial charge in [0.2, 0.25) is 5.82 Å². The number of aromatic nitrogens is 3. The fourth-order valence-corrected chi connectivity index (χ4v) is 3.15. The Labute approximate surface area is 136 Å². The number of nitrogens with one attached hydrogen (secondary N) is 1. The van der Waals surface area contributed by atoms with Crippen LogP contribution in [0, 0.1) is 10.1 Å². The van der Waals surface area contributed by atoms with Crippen molar-refractivity contribution < 1.29 is 4.92 Å². The van der Waals surface area contributed by atoms with Crippen LogP contribution < -0.4 is 5.32 Å². The summed E-state index contributed by atoms with van der Waals surface area (Å²) in [5, 5.41) is 15.6. The summed E-state index contributed by atoms with van der Waals surface area (Å²) in [6, 6.07) is 9.52. The van der Waals surface area contributed by atoms with Gasteiger partial charge in [-0.1, -0.05) is 30.0 Å². The molecule has 7 nitrogen and oxygen atoms in total. The van der Waals surface area contributed by atoms with Gasteiger partial charge in [-0.15, -0.1) is 0 Å². The molecule has 8 heteroatoms. The van der Waals surface area contributed by atoms with E-state index in [0.29, 0.717) is 11.6 Å². The third-order valence-electron chi connectivity index (χ3n) is 3.12. The Hall–Kier alpha value is -2.74. The zero-order valence-electron chi connectivity index (χ0n) is 12.3. The van der Waals surface area contributed by atoms with E-state index in [1.165, 1.54) is 18.1 Å². The van der Waals surface area contributed by atoms with Gasteiger partial charge in [0.25, 0.3) is 0 Å². The van der Waals surface area contributed by atoms with E-state index in [1.54, 1.807) is 6.20 Å². The highest BCUT2D eigenvalue weighted by atomic mass is 32.2. The molecule has 2 aromatic heterocycles. The molecule has 0 bridgehead atoms. The molecular weight excluding hydrogens is 314 g/mol. The number of para-hydroxylation sites is 1. The van der Waals surface area contributed by atoms with E-state index < -0.39 is 4.92 Å². The first-order chi connectivity index (χ1) is 11.2. The maximum atomic E-state index is 11.4. The van der Waals surface area contributed by atoms with Crippen LogP contribution in [-0.2, 0) is 0 Å². The first-order valence-corrected chi connectivity index (χ1v) is 7.77. The molecule has 2 heterocycles. The van der Waals surface area contributed by atoms with Gasteiger partial charge < -0.3 is 5.32 Å². The summed E-state index contributed by atoms with van der Waals surface area (Å²) >= 11 is 1.22. The highest BCUT2D eigenvalue weighted by Crippen LogP contribution is 2.38. The van der Waals surface area contributed by atoms with E-state index in [4.69, 9.17) is 0 Å². The Morgan fingerprint density at radius 3 is 2.83 bits per heavy atom. The Kier molecular flexibility index (Phi) is 4.33. The van der Waals surface area contributed by atoms with Crippen LogP contribution in [0.5, 0.6) is 0 Å². The van der Waals surface area contributed by atoms with Crippen LogP contribution >= 0.6 is 11.8 Å². The molecule has 0 aliphatic rings. The van der Waals surface area contributed by atoms with Crippen molar-refractivity contribution in [2.75, 3.05) is 11.9 Å². The maximum Gasteiger partial charge on any atom is 0.343 e. The minimum Gasteiger partial charge on any atom is -0.364 e. The number of nitro groups is 1. The van der Waals surface area contributed by atoms with Gasteiger partial charge in [0.05, 0.1) is 10.4 Å². The minimum absolute atomic E-state index is 0.118. The molecule has 1 N–H and O–H groups in total. The largest absolute Gasteiger partial charge is 0.364 e. The number of rotatable bonds is 5. The predicted octanol–water partition coefficient (Wildman–Crippen LogP) is 3.52. The molecule has 3 aromatic rings. The van der Waals surface area contributed by atoms with Crippen LogP contribution in [0.4, 0.5) is 11.5 Å². The van der Waals surface area contributed by atoms with Crippen LogP contribution in [0.3, 0.4) is 0 Å². The van der Waals surface area contributed by atoms with Crippen molar-refractivity contribution in [2.24, 2.45) is 0 Å². The van der Waals surface area contributed by atoms with E-state index in [1.807, 2.05) is 37.3 Å². The number of anilines is 1. The van der Waals surface area contributed by atoms with Gasteiger partial charge in [-0.25, -0.2) is 9.97 Å². The molecule has 0 unspecified atom stereocenters. The van der Waals surface area contributed by atoms with Crippen LogP contribution in [0.25, 0.3) is 10.9 Å². The summed E-state index contributed by atoms with van der Waals surface area (Å²) in [6.07, 6.45) is 3.02. The summed E-state index contributed by atoms with van der Waals surface area (Å²) in [4.78, 5) is 24.2. The van der Waals surface area contributed by atoms with Crippen LogP contribution in [0.2, 0.25) is 0 Å². The Morgan fingerprint density at radius 1 is 1.22 bits per heavy atom. The lowest BCUT2D eigenvalue weighted by Gasteiger charge is -2.08. The van der Waals surface area contributed by atoms with Crippen LogP contribution in [-0.4, -0.2) is 26.4 Å². The molecule has 0 radical (unpaired) electrons. The number of hydrogen-bond donors (Lipinski definition) is 1. The van der Waals surface area contributed by atoms with Gasteiger partial charge in [0.15, 0.2) is 5.03 Å². The fourth-order valence-electron chi connectivity index (χ4n) is 2.16. The smallest absolute Gasteiger partial charge is 0.343 e. The van der Waals surface area contributed by atoms with Crippen molar-refractivity contribution in [1.82, 2.24) is 15.0 Å². The molecule has 0 fully saturated rings. The number of benzene rings is 1. The first kappa shape index (κ1) is 15.2. The summed E-state index contributed by atoms with van der Waals surface area (Å²) in [7, 11) is 0. The van der Waals surface area contributed by atoms with E-state index in [-0.39, 0.29) is 11.5 Å². The molecule has 0 aliphatic heterocycles. The molecule has 0 atom stereocenters. The third-order valence-corrected chi connectivity index (χ3v) is 4.16. The van der Waals surface area contributed by atoms with Crippen molar-refractivity contribution in [3.8, 4) is 0 Å². The number of fused-ring (bicyclic) bond motifs is 1. The van der Waals surface area contributed by atoms with Crippen molar-refractivity contribution in [3.05, 3.63) is 53.0 Å². The second-order valence-electron chi connectivity index (χ2n) is 4.60. The fraction of sp³-hybridized carbons (Fsp3) is 0.133. The second-order valence-corrected chi connectivity index (χ2v) is 5.63. The van der Waals surface area contributed by atoms with E-state index in [2.05, 4.69) is 20.3 Å². The highest BCUT2D eigenvalue weighted by Gasteiger charge is 2.23. The minimum atomic E-state index is -0.459. The normalized spacial score (nSPS) is 10.7. The third kappa shape index (κ3) is 3.07. The topological polar surface area (TPSA) is 93.8 Å². The second kappa shape index (κ2) is 6.57. The molecule has 0 amide bonds. The molecule has 0 aliphatic carbocycles. The van der Waals surface area contributed by atoms with Crippen LogP contribution in [0.15, 0.2) is 52.8 Å². The lowest BCUT2D eigenvalue weighted by molar-refractivity contribution is -0.387.